The molecule has 0 aromatic rings. The van der Waals surface area contributed by atoms with Gasteiger partial charge < -0.3 is 14.9 Å². The van der Waals surface area contributed by atoms with Crippen molar-refractivity contribution in [3.05, 3.63) is 12.7 Å². The number of rotatable bonds is 6. The van der Waals surface area contributed by atoms with E-state index in [1.807, 2.05) is 0 Å². The van der Waals surface area contributed by atoms with Gasteiger partial charge in [-0.25, -0.2) is 0 Å². The average Bonchev–Trinajstić information content (AvgIpc) is 3.11. The average molecular weight is 266 g/mol. The summed E-state index contributed by atoms with van der Waals surface area (Å²) < 4.78 is 0. The Labute approximate surface area is 111 Å². The molecule has 19 heavy (non-hydrogen) atoms. The fourth-order valence-corrected chi connectivity index (χ4v) is 2.45. The molecule has 2 aliphatic rings. The van der Waals surface area contributed by atoms with Crippen LogP contribution >= 0.6 is 0 Å². The highest BCUT2D eigenvalue weighted by Gasteiger charge is 2.42. The summed E-state index contributed by atoms with van der Waals surface area (Å²) in [4.78, 5) is 37.8. The molecule has 0 bridgehead atoms. The fraction of sp³-hybridized carbons (Fsp3) is 0.615. The lowest BCUT2D eigenvalue weighted by Gasteiger charge is -2.22. The lowest BCUT2D eigenvalue weighted by atomic mass is 10.1. The van der Waals surface area contributed by atoms with E-state index < -0.39 is 11.9 Å². The number of carboxylic acids is 1. The van der Waals surface area contributed by atoms with E-state index in [1.165, 1.54) is 11.0 Å². The Morgan fingerprint density at radius 1 is 1.47 bits per heavy atom. The summed E-state index contributed by atoms with van der Waals surface area (Å²) in [6.07, 6.45) is 3.72. The zero-order valence-corrected chi connectivity index (χ0v) is 10.7. The zero-order chi connectivity index (χ0) is 14.0. The maximum atomic E-state index is 12.2. The molecule has 6 heteroatoms. The van der Waals surface area contributed by atoms with Crippen LogP contribution in [0.25, 0.3) is 0 Å². The van der Waals surface area contributed by atoms with Gasteiger partial charge in [0.1, 0.15) is 6.54 Å². The van der Waals surface area contributed by atoms with Crippen LogP contribution in [-0.2, 0) is 14.4 Å². The number of carbonyl (C=O) groups excluding carboxylic acids is 2. The number of likely N-dealkylation sites (tertiary alicyclic amines) is 1. The lowest BCUT2D eigenvalue weighted by molar-refractivity contribution is -0.145. The predicted molar refractivity (Wildman–Crippen MR) is 67.3 cm³/mol. The second-order valence-corrected chi connectivity index (χ2v) is 5.08. The minimum absolute atomic E-state index is 0.00901. The van der Waals surface area contributed by atoms with Crippen molar-refractivity contribution in [2.24, 2.45) is 5.92 Å². The quantitative estimate of drug-likeness (QED) is 0.691. The van der Waals surface area contributed by atoms with Gasteiger partial charge in [-0.2, -0.15) is 0 Å². The molecule has 0 aromatic carbocycles. The Bertz CT molecular complexity index is 417. The maximum absolute atomic E-state index is 12.2. The van der Waals surface area contributed by atoms with Crippen molar-refractivity contribution in [3.63, 3.8) is 0 Å². The number of carboxylic acid groups (broad SMARTS) is 1. The molecular formula is C13H18N2O4. The first-order valence-corrected chi connectivity index (χ1v) is 6.44. The van der Waals surface area contributed by atoms with Crippen LogP contribution in [-0.4, -0.2) is 58.4 Å². The lowest BCUT2D eigenvalue weighted by Crippen LogP contribution is -2.40. The van der Waals surface area contributed by atoms with Gasteiger partial charge in [0, 0.05) is 25.6 Å². The van der Waals surface area contributed by atoms with E-state index >= 15 is 0 Å². The van der Waals surface area contributed by atoms with Gasteiger partial charge in [-0.3, -0.25) is 14.4 Å². The Morgan fingerprint density at radius 2 is 2.16 bits per heavy atom. The molecule has 0 radical (unpaired) electrons. The van der Waals surface area contributed by atoms with Crippen LogP contribution in [0.4, 0.5) is 0 Å². The van der Waals surface area contributed by atoms with Gasteiger partial charge in [-0.15, -0.1) is 6.58 Å². The van der Waals surface area contributed by atoms with Crippen LogP contribution in [0.15, 0.2) is 12.7 Å². The van der Waals surface area contributed by atoms with Crippen LogP contribution in [0.3, 0.4) is 0 Å². The van der Waals surface area contributed by atoms with Crippen molar-refractivity contribution in [3.8, 4) is 0 Å². The van der Waals surface area contributed by atoms with Gasteiger partial charge in [-0.05, 0) is 12.8 Å². The second-order valence-electron chi connectivity index (χ2n) is 5.08. The Kier molecular flexibility index (Phi) is 3.87. The molecule has 1 unspecified atom stereocenters. The normalized spacial score (nSPS) is 22.4. The molecule has 1 saturated carbocycles. The smallest absolute Gasteiger partial charge is 0.323 e. The molecule has 0 spiro atoms. The number of aliphatic carboxylic acids is 1. The van der Waals surface area contributed by atoms with E-state index in [4.69, 9.17) is 5.11 Å². The van der Waals surface area contributed by atoms with E-state index in [0.29, 0.717) is 12.6 Å². The molecule has 1 saturated heterocycles. The maximum Gasteiger partial charge on any atom is 0.323 e. The van der Waals surface area contributed by atoms with Gasteiger partial charge in [0.2, 0.25) is 11.8 Å². The van der Waals surface area contributed by atoms with Crippen molar-refractivity contribution < 1.29 is 19.5 Å². The largest absolute Gasteiger partial charge is 0.480 e. The third-order valence-corrected chi connectivity index (χ3v) is 3.48. The molecule has 0 aromatic heterocycles. The van der Waals surface area contributed by atoms with Gasteiger partial charge in [-0.1, -0.05) is 6.08 Å². The van der Waals surface area contributed by atoms with Crippen LogP contribution in [0, 0.1) is 5.92 Å². The highest BCUT2D eigenvalue weighted by atomic mass is 16.4. The van der Waals surface area contributed by atoms with Gasteiger partial charge in [0.05, 0.1) is 5.92 Å². The van der Waals surface area contributed by atoms with Crippen molar-refractivity contribution in [1.82, 2.24) is 9.80 Å². The molecule has 1 aliphatic heterocycles. The SMILES string of the molecule is C=CCN(CC(=O)O)C(=O)C1CC(=O)N(C2CC2)C1. The molecule has 1 aliphatic carbocycles. The topological polar surface area (TPSA) is 77.9 Å². The highest BCUT2D eigenvalue weighted by molar-refractivity contribution is 5.91. The molecule has 6 nitrogen and oxygen atoms in total. The van der Waals surface area contributed by atoms with Crippen LogP contribution in [0.2, 0.25) is 0 Å². The highest BCUT2D eigenvalue weighted by Crippen LogP contribution is 2.33. The summed E-state index contributed by atoms with van der Waals surface area (Å²) >= 11 is 0. The summed E-state index contributed by atoms with van der Waals surface area (Å²) in [5.74, 6) is -1.72. The molecule has 104 valence electrons. The van der Waals surface area contributed by atoms with Crippen LogP contribution < -0.4 is 0 Å². The summed E-state index contributed by atoms with van der Waals surface area (Å²) in [6.45, 7) is 3.79. The fourth-order valence-electron chi connectivity index (χ4n) is 2.45. The first-order chi connectivity index (χ1) is 9.02. The van der Waals surface area contributed by atoms with E-state index in [-0.39, 0.29) is 31.3 Å². The van der Waals surface area contributed by atoms with E-state index in [2.05, 4.69) is 6.58 Å². The number of nitrogens with zero attached hydrogens (tertiary/aromatic N) is 2. The Morgan fingerprint density at radius 3 is 2.68 bits per heavy atom. The molecule has 2 fully saturated rings. The summed E-state index contributed by atoms with van der Waals surface area (Å²) in [6, 6.07) is 0.303. The number of amides is 2. The van der Waals surface area contributed by atoms with E-state index in [0.717, 1.165) is 12.8 Å². The zero-order valence-electron chi connectivity index (χ0n) is 10.7. The van der Waals surface area contributed by atoms with Crippen molar-refractivity contribution >= 4 is 17.8 Å². The second kappa shape index (κ2) is 5.42. The number of carbonyl (C=O) groups is 3. The molecule has 1 atom stereocenters. The van der Waals surface area contributed by atoms with Crippen molar-refractivity contribution in [2.75, 3.05) is 19.6 Å². The number of hydrogen-bond donors (Lipinski definition) is 1. The van der Waals surface area contributed by atoms with E-state index in [9.17, 15) is 14.4 Å². The molecule has 2 amide bonds. The summed E-state index contributed by atoms with van der Waals surface area (Å²) in [5.41, 5.74) is 0. The first kappa shape index (κ1) is 13.6. The predicted octanol–water partition coefficient (Wildman–Crippen LogP) is 0.0965. The first-order valence-electron chi connectivity index (χ1n) is 6.44. The standard InChI is InChI=1S/C13H18N2O4/c1-2-5-14(8-12(17)18)13(19)9-6-11(16)15(7-9)10-3-4-10/h2,9-10H,1,3-8H2,(H,17,18). The van der Waals surface area contributed by atoms with Crippen molar-refractivity contribution in [1.29, 1.82) is 0 Å². The van der Waals surface area contributed by atoms with Crippen molar-refractivity contribution in [2.45, 2.75) is 25.3 Å². The van der Waals surface area contributed by atoms with Gasteiger partial charge in [0.25, 0.3) is 0 Å². The third-order valence-electron chi connectivity index (χ3n) is 3.48. The monoisotopic (exact) mass is 266 g/mol. The van der Waals surface area contributed by atoms with Crippen LogP contribution in [0.5, 0.6) is 0 Å². The van der Waals surface area contributed by atoms with Crippen LogP contribution in [0.1, 0.15) is 19.3 Å². The molecule has 1 N–H and O–H groups in total. The van der Waals surface area contributed by atoms with Gasteiger partial charge >= 0.3 is 5.97 Å². The van der Waals surface area contributed by atoms with Gasteiger partial charge in [0.15, 0.2) is 0 Å². The minimum Gasteiger partial charge on any atom is -0.480 e. The van der Waals surface area contributed by atoms with E-state index in [1.54, 1.807) is 4.90 Å². The Hall–Kier alpha value is -1.85. The third kappa shape index (κ3) is 3.13. The molecule has 2 rings (SSSR count). The molecule has 1 heterocycles. The minimum atomic E-state index is -1.06. The molecular weight excluding hydrogens is 248 g/mol. The summed E-state index contributed by atoms with van der Waals surface area (Å²) in [7, 11) is 0. The Balaban J connectivity index is 1.99. The number of hydrogen-bond acceptors (Lipinski definition) is 3. The summed E-state index contributed by atoms with van der Waals surface area (Å²) in [5, 5.41) is 8.80.